The van der Waals surface area contributed by atoms with E-state index in [0.29, 0.717) is 5.56 Å². The second-order valence-corrected chi connectivity index (χ2v) is 8.14. The van der Waals surface area contributed by atoms with E-state index >= 15 is 0 Å². The minimum atomic E-state index is -2.98. The van der Waals surface area contributed by atoms with Crippen LogP contribution in [0.1, 0.15) is 5.56 Å². The summed E-state index contributed by atoms with van der Waals surface area (Å²) in [5, 5.41) is 12.4. The van der Waals surface area contributed by atoms with Gasteiger partial charge in [0, 0.05) is 22.7 Å². The Bertz CT molecular complexity index is 909. The van der Waals surface area contributed by atoms with E-state index in [0.717, 1.165) is 10.6 Å². The number of non-ortho nitro benzene ring substituents is 1. The van der Waals surface area contributed by atoms with Crippen molar-refractivity contribution in [1.29, 1.82) is 0 Å². The maximum absolute atomic E-state index is 13.8. The fourth-order valence-electron chi connectivity index (χ4n) is 2.55. The smallest absolute Gasteiger partial charge is 0.270 e. The van der Waals surface area contributed by atoms with Crippen LogP contribution in [0.4, 0.5) is 5.69 Å². The third-order valence-corrected chi connectivity index (χ3v) is 6.54. The molecule has 3 aromatic carbocycles. The number of nitrogens with zero attached hydrogens (tertiary/aromatic N) is 1. The lowest BCUT2D eigenvalue weighted by molar-refractivity contribution is -0.384. The lowest BCUT2D eigenvalue weighted by Crippen LogP contribution is -2.13. The van der Waals surface area contributed by atoms with E-state index in [1.54, 1.807) is 24.0 Å². The summed E-state index contributed by atoms with van der Waals surface area (Å²) in [7, 11) is -2.98. The minimum absolute atomic E-state index is 0.0106. The zero-order valence-corrected chi connectivity index (χ0v) is 14.3. The Morgan fingerprint density at radius 2 is 1.36 bits per heavy atom. The van der Waals surface area contributed by atoms with Crippen LogP contribution in [0.15, 0.2) is 90.7 Å². The van der Waals surface area contributed by atoms with Gasteiger partial charge in [-0.05, 0) is 11.4 Å². The molecule has 0 aliphatic heterocycles. The highest BCUT2D eigenvalue weighted by molar-refractivity contribution is 7.81. The third-order valence-electron chi connectivity index (χ3n) is 3.84. The first-order valence-corrected chi connectivity index (χ1v) is 9.52. The second kappa shape index (κ2) is 7.29. The average Bonchev–Trinajstić information content (AvgIpc) is 2.67. The molecule has 25 heavy (non-hydrogen) atoms. The Kier molecular flexibility index (Phi) is 4.92. The fraction of sp³-hybridized carbons (Fsp3) is 0. The molecule has 124 valence electrons. The third kappa shape index (κ3) is 3.76. The molecular formula is C20H16NO3P. The number of nitro benzene ring substituents is 1. The number of nitro groups is 1. The molecule has 0 spiro atoms. The van der Waals surface area contributed by atoms with Crippen molar-refractivity contribution in [3.05, 3.63) is 106 Å². The quantitative estimate of drug-likeness (QED) is 0.385. The van der Waals surface area contributed by atoms with Crippen LogP contribution in [-0.4, -0.2) is 4.92 Å². The van der Waals surface area contributed by atoms with Crippen LogP contribution in [0.3, 0.4) is 0 Å². The first-order chi connectivity index (χ1) is 12.1. The normalized spacial score (nSPS) is 11.5. The summed E-state index contributed by atoms with van der Waals surface area (Å²) in [4.78, 5) is 10.5. The highest BCUT2D eigenvalue weighted by Gasteiger charge is 2.23. The van der Waals surface area contributed by atoms with E-state index in [1.807, 2.05) is 60.7 Å². The fourth-order valence-corrected chi connectivity index (χ4v) is 4.81. The van der Waals surface area contributed by atoms with Gasteiger partial charge in [0.05, 0.1) is 4.92 Å². The minimum Gasteiger partial charge on any atom is -0.309 e. The van der Waals surface area contributed by atoms with Crippen LogP contribution in [0, 0.1) is 10.1 Å². The van der Waals surface area contributed by atoms with Crippen molar-refractivity contribution in [3.63, 3.8) is 0 Å². The van der Waals surface area contributed by atoms with E-state index in [2.05, 4.69) is 0 Å². The molecule has 0 fully saturated rings. The summed E-state index contributed by atoms with van der Waals surface area (Å²) in [6.45, 7) is 0. The van der Waals surface area contributed by atoms with E-state index < -0.39 is 12.1 Å². The van der Waals surface area contributed by atoms with Crippen molar-refractivity contribution in [2.75, 3.05) is 0 Å². The van der Waals surface area contributed by atoms with Gasteiger partial charge in [-0.2, -0.15) is 0 Å². The molecular weight excluding hydrogens is 333 g/mol. The molecule has 0 N–H and O–H groups in total. The van der Waals surface area contributed by atoms with Gasteiger partial charge < -0.3 is 4.57 Å². The first-order valence-electron chi connectivity index (χ1n) is 7.74. The molecule has 4 nitrogen and oxygen atoms in total. The molecule has 3 rings (SSSR count). The number of hydrogen-bond acceptors (Lipinski definition) is 3. The van der Waals surface area contributed by atoms with Crippen LogP contribution < -0.4 is 10.6 Å². The van der Waals surface area contributed by atoms with Crippen LogP contribution in [0.25, 0.3) is 6.08 Å². The summed E-state index contributed by atoms with van der Waals surface area (Å²) < 4.78 is 13.8. The molecule has 0 aromatic heterocycles. The number of rotatable bonds is 5. The standard InChI is InChI=1S/C20H16NO3P/c22-21(23)18-9-7-8-17(16-18)14-15-25(24,19-10-3-1-4-11-19)20-12-5-2-6-13-20/h1-16H/b15-14+. The summed E-state index contributed by atoms with van der Waals surface area (Å²) in [6.07, 6.45) is 1.69. The zero-order chi connectivity index (χ0) is 17.7. The lowest BCUT2D eigenvalue weighted by atomic mass is 10.2. The monoisotopic (exact) mass is 349 g/mol. The van der Waals surface area contributed by atoms with Crippen LogP contribution in [-0.2, 0) is 4.57 Å². The molecule has 0 radical (unpaired) electrons. The predicted molar refractivity (Wildman–Crippen MR) is 102 cm³/mol. The summed E-state index contributed by atoms with van der Waals surface area (Å²) >= 11 is 0. The van der Waals surface area contributed by atoms with Crippen molar-refractivity contribution >= 4 is 29.5 Å². The zero-order valence-electron chi connectivity index (χ0n) is 13.4. The van der Waals surface area contributed by atoms with Crippen molar-refractivity contribution in [3.8, 4) is 0 Å². The van der Waals surface area contributed by atoms with Crippen LogP contribution in [0.2, 0.25) is 0 Å². The van der Waals surface area contributed by atoms with E-state index in [1.165, 1.54) is 12.1 Å². The molecule has 5 heteroatoms. The largest absolute Gasteiger partial charge is 0.309 e. The Hall–Kier alpha value is -2.97. The van der Waals surface area contributed by atoms with Gasteiger partial charge in [-0.15, -0.1) is 0 Å². The molecule has 0 unspecified atom stereocenters. The van der Waals surface area contributed by atoms with Crippen molar-refractivity contribution in [2.24, 2.45) is 0 Å². The van der Waals surface area contributed by atoms with Gasteiger partial charge in [0.2, 0.25) is 0 Å². The molecule has 0 aliphatic carbocycles. The molecule has 0 saturated heterocycles. The van der Waals surface area contributed by atoms with Gasteiger partial charge in [-0.25, -0.2) is 0 Å². The maximum atomic E-state index is 13.8. The Morgan fingerprint density at radius 1 is 0.800 bits per heavy atom. The van der Waals surface area contributed by atoms with Crippen molar-refractivity contribution in [1.82, 2.24) is 0 Å². The van der Waals surface area contributed by atoms with E-state index in [4.69, 9.17) is 0 Å². The number of hydrogen-bond donors (Lipinski definition) is 0. The molecule has 0 saturated carbocycles. The predicted octanol–water partition coefficient (Wildman–Crippen LogP) is 4.58. The van der Waals surface area contributed by atoms with Gasteiger partial charge in [0.1, 0.15) is 0 Å². The first kappa shape index (κ1) is 16.9. The maximum Gasteiger partial charge on any atom is 0.270 e. The Balaban J connectivity index is 2.06. The van der Waals surface area contributed by atoms with Gasteiger partial charge in [0.15, 0.2) is 7.14 Å². The van der Waals surface area contributed by atoms with Gasteiger partial charge in [-0.1, -0.05) is 78.9 Å². The van der Waals surface area contributed by atoms with Crippen LogP contribution in [0.5, 0.6) is 0 Å². The van der Waals surface area contributed by atoms with Gasteiger partial charge in [0.25, 0.3) is 5.69 Å². The SMILES string of the molecule is O=[N+]([O-])c1cccc(/C=C/P(=O)(c2ccccc2)c2ccccc2)c1. The van der Waals surface area contributed by atoms with E-state index in [-0.39, 0.29) is 5.69 Å². The molecule has 0 amide bonds. The summed E-state index contributed by atoms with van der Waals surface area (Å²) in [5.41, 5.74) is 0.651. The van der Waals surface area contributed by atoms with Crippen LogP contribution >= 0.6 is 7.14 Å². The topological polar surface area (TPSA) is 60.2 Å². The van der Waals surface area contributed by atoms with Gasteiger partial charge >= 0.3 is 0 Å². The summed E-state index contributed by atoms with van der Waals surface area (Å²) in [5.74, 6) is 1.66. The molecule has 0 heterocycles. The second-order valence-electron chi connectivity index (χ2n) is 5.50. The highest BCUT2D eigenvalue weighted by atomic mass is 31.2. The Labute approximate surface area is 146 Å². The molecule has 0 bridgehead atoms. The number of benzene rings is 3. The summed E-state index contributed by atoms with van der Waals surface area (Å²) in [6, 6.07) is 24.8. The lowest BCUT2D eigenvalue weighted by Gasteiger charge is -2.15. The van der Waals surface area contributed by atoms with Gasteiger partial charge in [-0.3, -0.25) is 10.1 Å². The molecule has 3 aromatic rings. The highest BCUT2D eigenvalue weighted by Crippen LogP contribution is 2.45. The molecule has 0 aliphatic rings. The van der Waals surface area contributed by atoms with E-state index in [9.17, 15) is 14.7 Å². The Morgan fingerprint density at radius 3 is 1.88 bits per heavy atom. The average molecular weight is 349 g/mol. The van der Waals surface area contributed by atoms with Crippen molar-refractivity contribution < 1.29 is 9.49 Å². The van der Waals surface area contributed by atoms with Crippen molar-refractivity contribution in [2.45, 2.75) is 0 Å². The molecule has 0 atom stereocenters.